The fraction of sp³-hybridized carbons (Fsp3) is 0.310. The van der Waals surface area contributed by atoms with E-state index in [4.69, 9.17) is 4.98 Å². The summed E-state index contributed by atoms with van der Waals surface area (Å²) in [5.41, 5.74) is 4.92. The second-order valence-electron chi connectivity index (χ2n) is 9.66. The Bertz CT molecular complexity index is 1420. The number of imidazole rings is 1. The van der Waals surface area contributed by atoms with Crippen molar-refractivity contribution in [3.8, 4) is 11.4 Å². The third kappa shape index (κ3) is 5.70. The van der Waals surface area contributed by atoms with Crippen LogP contribution in [0.4, 0.5) is 11.4 Å². The minimum atomic E-state index is -0.365. The number of carbonyl (C=O) groups excluding carboxylic acids is 1. The lowest BCUT2D eigenvalue weighted by Gasteiger charge is -2.32. The highest BCUT2D eigenvalue weighted by atomic mass is 16.6. The summed E-state index contributed by atoms with van der Waals surface area (Å²) in [7, 11) is 0. The number of carbonyl (C=O) groups is 1. The van der Waals surface area contributed by atoms with Gasteiger partial charge in [0.1, 0.15) is 5.82 Å². The molecule has 0 unspecified atom stereocenters. The lowest BCUT2D eigenvalue weighted by atomic mass is 9.89. The van der Waals surface area contributed by atoms with Gasteiger partial charge in [0.25, 0.3) is 5.69 Å². The number of non-ortho nitro benzene ring substituents is 1. The predicted octanol–water partition coefficient (Wildman–Crippen LogP) is 5.84. The lowest BCUT2D eigenvalue weighted by molar-refractivity contribution is -0.384. The van der Waals surface area contributed by atoms with Crippen LogP contribution in [0.25, 0.3) is 22.4 Å². The Balaban J connectivity index is 1.23. The molecule has 0 bridgehead atoms. The predicted molar refractivity (Wildman–Crippen MR) is 146 cm³/mol. The van der Waals surface area contributed by atoms with Gasteiger partial charge in [0.05, 0.1) is 16.0 Å². The van der Waals surface area contributed by atoms with Gasteiger partial charge >= 0.3 is 0 Å². The van der Waals surface area contributed by atoms with Gasteiger partial charge in [-0.2, -0.15) is 0 Å². The molecule has 4 aromatic rings. The van der Waals surface area contributed by atoms with E-state index in [1.807, 2.05) is 36.4 Å². The van der Waals surface area contributed by atoms with Crippen LogP contribution in [0.15, 0.2) is 72.8 Å². The molecule has 2 heterocycles. The molecule has 0 spiro atoms. The summed E-state index contributed by atoms with van der Waals surface area (Å²) in [5.74, 6) is 1.22. The number of aryl methyl sites for hydroxylation is 1. The number of nitrogens with one attached hydrogen (secondary N) is 1. The number of hydrogen-bond acceptors (Lipinski definition) is 5. The van der Waals surface area contributed by atoms with Crippen LogP contribution in [-0.4, -0.2) is 44.9 Å². The molecule has 1 amide bonds. The number of amides is 1. The third-order valence-corrected chi connectivity index (χ3v) is 7.09. The van der Waals surface area contributed by atoms with E-state index >= 15 is 0 Å². The van der Waals surface area contributed by atoms with Crippen molar-refractivity contribution in [1.82, 2.24) is 14.5 Å². The average Bonchev–Trinajstić information content (AvgIpc) is 3.27. The van der Waals surface area contributed by atoms with Crippen molar-refractivity contribution in [1.29, 1.82) is 0 Å². The summed E-state index contributed by atoms with van der Waals surface area (Å²) in [5, 5.41) is 14.2. The molecule has 8 heteroatoms. The van der Waals surface area contributed by atoms with E-state index in [1.165, 1.54) is 18.6 Å². The minimum Gasteiger partial charge on any atom is -0.326 e. The number of benzene rings is 3. The number of nitro benzene ring substituents is 1. The summed E-state index contributed by atoms with van der Waals surface area (Å²) in [4.78, 5) is 29.7. The highest BCUT2D eigenvalue weighted by Crippen LogP contribution is 2.30. The highest BCUT2D eigenvalue weighted by molar-refractivity contribution is 5.88. The molecule has 190 valence electrons. The summed E-state index contributed by atoms with van der Waals surface area (Å²) in [6, 6.07) is 22.9. The van der Waals surface area contributed by atoms with E-state index in [1.54, 1.807) is 12.1 Å². The Morgan fingerprint density at radius 2 is 1.81 bits per heavy atom. The number of nitro groups is 1. The van der Waals surface area contributed by atoms with Gasteiger partial charge in [0.15, 0.2) is 0 Å². The van der Waals surface area contributed by atoms with Crippen LogP contribution < -0.4 is 5.32 Å². The summed E-state index contributed by atoms with van der Waals surface area (Å²) in [6.45, 7) is 5.38. The third-order valence-electron chi connectivity index (χ3n) is 7.09. The van der Waals surface area contributed by atoms with Crippen LogP contribution in [-0.2, 0) is 11.3 Å². The topological polar surface area (TPSA) is 93.3 Å². The lowest BCUT2D eigenvalue weighted by Crippen LogP contribution is -2.34. The monoisotopic (exact) mass is 497 g/mol. The van der Waals surface area contributed by atoms with Crippen LogP contribution in [0.3, 0.4) is 0 Å². The number of nitrogens with zero attached hydrogens (tertiary/aromatic N) is 4. The van der Waals surface area contributed by atoms with Gasteiger partial charge < -0.3 is 14.8 Å². The van der Waals surface area contributed by atoms with E-state index < -0.39 is 0 Å². The fourth-order valence-electron chi connectivity index (χ4n) is 5.30. The average molecular weight is 498 g/mol. The van der Waals surface area contributed by atoms with E-state index in [2.05, 4.69) is 33.0 Å². The van der Waals surface area contributed by atoms with Crippen molar-refractivity contribution in [2.45, 2.75) is 38.6 Å². The first-order valence-corrected chi connectivity index (χ1v) is 12.8. The maximum atomic E-state index is 11.4. The van der Waals surface area contributed by atoms with Crippen molar-refractivity contribution < 1.29 is 9.72 Å². The molecule has 0 aliphatic carbocycles. The van der Waals surface area contributed by atoms with Gasteiger partial charge in [-0.15, -0.1) is 0 Å². The molecule has 1 N–H and O–H groups in total. The Morgan fingerprint density at radius 3 is 2.59 bits per heavy atom. The Hall–Kier alpha value is -4.04. The van der Waals surface area contributed by atoms with Gasteiger partial charge in [0, 0.05) is 36.9 Å². The van der Waals surface area contributed by atoms with Crippen LogP contribution >= 0.6 is 0 Å². The SMILES string of the molecule is CC(=O)Nc1cccc(C2CCN(CCCn3c(-c4cccc([N+](=O)[O-])c4)nc4ccccc43)CC2)c1. The maximum Gasteiger partial charge on any atom is 0.270 e. The maximum absolute atomic E-state index is 11.4. The molecule has 0 atom stereocenters. The van der Waals surface area contributed by atoms with Crippen LogP contribution in [0.5, 0.6) is 0 Å². The van der Waals surface area contributed by atoms with Crippen LogP contribution in [0.2, 0.25) is 0 Å². The van der Waals surface area contributed by atoms with E-state index in [0.29, 0.717) is 5.92 Å². The quantitative estimate of drug-likeness (QED) is 0.244. The molecule has 1 fully saturated rings. The fourth-order valence-corrected chi connectivity index (χ4v) is 5.30. The molecule has 0 radical (unpaired) electrons. The summed E-state index contributed by atoms with van der Waals surface area (Å²) in [6.07, 6.45) is 3.15. The van der Waals surface area contributed by atoms with Crippen molar-refractivity contribution in [2.75, 3.05) is 25.0 Å². The number of rotatable bonds is 8. The second kappa shape index (κ2) is 10.9. The number of hydrogen-bond donors (Lipinski definition) is 1. The molecule has 0 saturated carbocycles. The van der Waals surface area contributed by atoms with Crippen LogP contribution in [0, 0.1) is 10.1 Å². The van der Waals surface area contributed by atoms with Crippen molar-refractivity contribution in [3.05, 3.63) is 88.5 Å². The number of piperidine rings is 1. The highest BCUT2D eigenvalue weighted by Gasteiger charge is 2.21. The normalized spacial score (nSPS) is 14.6. The molecule has 1 aliphatic rings. The Labute approximate surface area is 216 Å². The minimum absolute atomic E-state index is 0.0497. The van der Waals surface area contributed by atoms with E-state index in [-0.39, 0.29) is 16.5 Å². The first-order chi connectivity index (χ1) is 18.0. The first-order valence-electron chi connectivity index (χ1n) is 12.8. The molecule has 1 aliphatic heterocycles. The molecule has 1 saturated heterocycles. The van der Waals surface area contributed by atoms with Gasteiger partial charge in [-0.25, -0.2) is 4.98 Å². The number of fused-ring (bicyclic) bond motifs is 1. The second-order valence-corrected chi connectivity index (χ2v) is 9.66. The number of para-hydroxylation sites is 2. The van der Waals surface area contributed by atoms with Crippen LogP contribution in [0.1, 0.15) is 37.7 Å². The number of likely N-dealkylation sites (tertiary alicyclic amines) is 1. The molecular formula is C29H31N5O3. The van der Waals surface area contributed by atoms with Gasteiger partial charge in [-0.05, 0) is 74.6 Å². The molecule has 3 aromatic carbocycles. The Kier molecular flexibility index (Phi) is 7.28. The number of aromatic nitrogens is 2. The zero-order valence-corrected chi connectivity index (χ0v) is 21.0. The zero-order valence-electron chi connectivity index (χ0n) is 21.0. The van der Waals surface area contributed by atoms with Crippen molar-refractivity contribution in [2.24, 2.45) is 0 Å². The van der Waals surface area contributed by atoms with Crippen molar-refractivity contribution >= 4 is 28.3 Å². The van der Waals surface area contributed by atoms with Crippen molar-refractivity contribution in [3.63, 3.8) is 0 Å². The smallest absolute Gasteiger partial charge is 0.270 e. The van der Waals surface area contributed by atoms with E-state index in [0.717, 1.165) is 73.6 Å². The van der Waals surface area contributed by atoms with Gasteiger partial charge in [-0.3, -0.25) is 14.9 Å². The summed E-state index contributed by atoms with van der Waals surface area (Å²) >= 11 is 0. The molecule has 5 rings (SSSR count). The molecule has 1 aromatic heterocycles. The van der Waals surface area contributed by atoms with Gasteiger partial charge in [0.2, 0.25) is 5.91 Å². The van der Waals surface area contributed by atoms with Gasteiger partial charge in [-0.1, -0.05) is 36.4 Å². The molecular weight excluding hydrogens is 466 g/mol. The first kappa shape index (κ1) is 24.6. The molecule has 37 heavy (non-hydrogen) atoms. The number of anilines is 1. The van der Waals surface area contributed by atoms with E-state index in [9.17, 15) is 14.9 Å². The standard InChI is InChI=1S/C29H31N5O3/c1-21(35)30-25-9-4-7-23(19-25)22-13-17-32(18-14-22)15-6-16-33-28-12-3-2-11-27(28)31-29(33)24-8-5-10-26(20-24)34(36)37/h2-5,7-12,19-20,22H,6,13-18H2,1H3,(H,30,35). The zero-order chi connectivity index (χ0) is 25.8. The Morgan fingerprint density at radius 1 is 1.03 bits per heavy atom. The summed E-state index contributed by atoms with van der Waals surface area (Å²) < 4.78 is 2.19. The largest absolute Gasteiger partial charge is 0.326 e. The molecule has 8 nitrogen and oxygen atoms in total.